The second kappa shape index (κ2) is 10.3. The number of aliphatic carboxylic acids is 1. The van der Waals surface area contributed by atoms with Crippen LogP contribution in [0.4, 0.5) is 10.5 Å². The smallest absolute Gasteiger partial charge is 0.407 e. The lowest BCUT2D eigenvalue weighted by atomic mass is 10.0. The van der Waals surface area contributed by atoms with E-state index in [1.54, 1.807) is 29.2 Å². The number of nitrogens with one attached hydrogen (secondary N) is 2. The van der Waals surface area contributed by atoms with Gasteiger partial charge >= 0.3 is 12.1 Å². The summed E-state index contributed by atoms with van der Waals surface area (Å²) < 4.78 is 5.31. The predicted molar refractivity (Wildman–Crippen MR) is 116 cm³/mol. The molecule has 0 spiro atoms. The highest BCUT2D eigenvalue weighted by molar-refractivity contribution is 5.89. The maximum Gasteiger partial charge on any atom is 0.407 e. The lowest BCUT2D eigenvalue weighted by molar-refractivity contribution is -0.139. The van der Waals surface area contributed by atoms with Crippen molar-refractivity contribution >= 4 is 23.7 Å². The van der Waals surface area contributed by atoms with Crippen LogP contribution in [0.2, 0.25) is 0 Å². The van der Waals surface area contributed by atoms with Crippen molar-refractivity contribution in [2.75, 3.05) is 18.0 Å². The van der Waals surface area contributed by atoms with Gasteiger partial charge in [-0.05, 0) is 29.7 Å². The van der Waals surface area contributed by atoms with Gasteiger partial charge in [0.2, 0.25) is 5.91 Å². The topological polar surface area (TPSA) is 108 Å². The van der Waals surface area contributed by atoms with Gasteiger partial charge in [-0.15, -0.1) is 6.58 Å². The number of hydrogen-bond donors (Lipinski definition) is 3. The van der Waals surface area contributed by atoms with Gasteiger partial charge in [-0.1, -0.05) is 48.5 Å². The monoisotopic (exact) mass is 423 g/mol. The number of benzene rings is 2. The minimum atomic E-state index is -1.02. The SMILES string of the molecule is C=CC[C@H](NC(=O)OCc1ccccc1)c1cccc(N2CC(=O)NCC2C(=O)O)c1. The fraction of sp³-hybridized carbons (Fsp3) is 0.261. The van der Waals surface area contributed by atoms with Crippen LogP contribution in [0.15, 0.2) is 67.3 Å². The molecular formula is C23H25N3O5. The molecular weight excluding hydrogens is 398 g/mol. The molecule has 0 aliphatic carbocycles. The molecule has 2 amide bonds. The average Bonchev–Trinajstić information content (AvgIpc) is 2.78. The number of anilines is 1. The van der Waals surface area contributed by atoms with E-state index < -0.39 is 24.1 Å². The fourth-order valence-electron chi connectivity index (χ4n) is 3.41. The number of ether oxygens (including phenoxy) is 1. The van der Waals surface area contributed by atoms with Gasteiger partial charge in [0.25, 0.3) is 0 Å². The molecule has 8 nitrogen and oxygen atoms in total. The zero-order valence-electron chi connectivity index (χ0n) is 17.0. The summed E-state index contributed by atoms with van der Waals surface area (Å²) >= 11 is 0. The van der Waals surface area contributed by atoms with Crippen molar-refractivity contribution in [1.29, 1.82) is 0 Å². The number of carbonyl (C=O) groups excluding carboxylic acids is 2. The van der Waals surface area contributed by atoms with Crippen molar-refractivity contribution in [1.82, 2.24) is 10.6 Å². The van der Waals surface area contributed by atoms with Crippen LogP contribution in [0.1, 0.15) is 23.6 Å². The average molecular weight is 423 g/mol. The molecule has 1 saturated heterocycles. The van der Waals surface area contributed by atoms with E-state index in [2.05, 4.69) is 17.2 Å². The van der Waals surface area contributed by atoms with E-state index >= 15 is 0 Å². The second-order valence-corrected chi connectivity index (χ2v) is 7.16. The largest absolute Gasteiger partial charge is 0.480 e. The first kappa shape index (κ1) is 21.9. The Bertz CT molecular complexity index is 947. The molecule has 0 radical (unpaired) electrons. The Labute approximate surface area is 180 Å². The first-order chi connectivity index (χ1) is 15.0. The number of nitrogens with zero attached hydrogens (tertiary/aromatic N) is 1. The molecule has 2 atom stereocenters. The summed E-state index contributed by atoms with van der Waals surface area (Å²) in [5.74, 6) is -1.26. The summed E-state index contributed by atoms with van der Waals surface area (Å²) in [6, 6.07) is 15.2. The molecule has 1 heterocycles. The summed E-state index contributed by atoms with van der Waals surface area (Å²) in [4.78, 5) is 37.3. The third-order valence-corrected chi connectivity index (χ3v) is 4.98. The van der Waals surface area contributed by atoms with Crippen LogP contribution in [0, 0.1) is 0 Å². The molecule has 0 saturated carbocycles. The summed E-state index contributed by atoms with van der Waals surface area (Å²) in [6.45, 7) is 3.87. The Morgan fingerprint density at radius 2 is 2.03 bits per heavy atom. The molecule has 3 rings (SSSR count). The number of amides is 2. The van der Waals surface area contributed by atoms with E-state index in [0.717, 1.165) is 11.1 Å². The number of carboxylic acids is 1. The normalized spacial score (nSPS) is 16.7. The number of carboxylic acid groups (broad SMARTS) is 1. The van der Waals surface area contributed by atoms with Gasteiger partial charge < -0.3 is 25.4 Å². The number of rotatable bonds is 8. The molecule has 1 fully saturated rings. The molecule has 0 bridgehead atoms. The highest BCUT2D eigenvalue weighted by Gasteiger charge is 2.32. The Hall–Kier alpha value is -3.81. The number of piperazine rings is 1. The highest BCUT2D eigenvalue weighted by atomic mass is 16.5. The minimum absolute atomic E-state index is 0.0263. The summed E-state index contributed by atoms with van der Waals surface area (Å²) in [7, 11) is 0. The summed E-state index contributed by atoms with van der Waals surface area (Å²) in [5, 5.41) is 14.9. The highest BCUT2D eigenvalue weighted by Crippen LogP contribution is 2.25. The third kappa shape index (κ3) is 5.85. The molecule has 8 heteroatoms. The fourth-order valence-corrected chi connectivity index (χ4v) is 3.41. The zero-order chi connectivity index (χ0) is 22.2. The quantitative estimate of drug-likeness (QED) is 0.564. The van der Waals surface area contributed by atoms with E-state index in [4.69, 9.17) is 4.74 Å². The van der Waals surface area contributed by atoms with Crippen molar-refractivity contribution in [2.45, 2.75) is 25.1 Å². The van der Waals surface area contributed by atoms with Crippen LogP contribution in [-0.4, -0.2) is 42.2 Å². The van der Waals surface area contributed by atoms with Crippen molar-refractivity contribution in [3.05, 3.63) is 78.4 Å². The standard InChI is InChI=1S/C23H25N3O5/c1-2-7-19(25-23(30)31-15-16-8-4-3-5-9-16)17-10-6-11-18(12-17)26-14-21(27)24-13-20(26)22(28)29/h2-6,8-12,19-20H,1,7,13-15H2,(H,24,27)(H,25,30)(H,28,29)/t19-,20?/m0/s1. The van der Waals surface area contributed by atoms with Crippen LogP contribution in [0.25, 0.3) is 0 Å². The van der Waals surface area contributed by atoms with Gasteiger partial charge in [-0.2, -0.15) is 0 Å². The van der Waals surface area contributed by atoms with Gasteiger partial charge in [0.1, 0.15) is 12.6 Å². The number of carbonyl (C=O) groups is 3. The second-order valence-electron chi connectivity index (χ2n) is 7.16. The van der Waals surface area contributed by atoms with Gasteiger partial charge in [-0.3, -0.25) is 4.79 Å². The Morgan fingerprint density at radius 3 is 2.74 bits per heavy atom. The molecule has 2 aromatic rings. The van der Waals surface area contributed by atoms with Crippen molar-refractivity contribution in [3.8, 4) is 0 Å². The van der Waals surface area contributed by atoms with Crippen molar-refractivity contribution in [3.63, 3.8) is 0 Å². The first-order valence-corrected chi connectivity index (χ1v) is 9.92. The molecule has 2 aromatic carbocycles. The minimum Gasteiger partial charge on any atom is -0.480 e. The molecule has 1 aliphatic rings. The van der Waals surface area contributed by atoms with Crippen LogP contribution in [-0.2, 0) is 20.9 Å². The summed E-state index contributed by atoms with van der Waals surface area (Å²) in [5.41, 5.74) is 2.22. The van der Waals surface area contributed by atoms with Crippen molar-refractivity contribution < 1.29 is 24.2 Å². The van der Waals surface area contributed by atoms with Crippen LogP contribution in [0.3, 0.4) is 0 Å². The van der Waals surface area contributed by atoms with E-state index in [-0.39, 0.29) is 25.6 Å². The van der Waals surface area contributed by atoms with E-state index in [1.165, 1.54) is 0 Å². The maximum absolute atomic E-state index is 12.3. The number of alkyl carbamates (subject to hydrolysis) is 1. The molecule has 1 unspecified atom stereocenters. The molecule has 162 valence electrons. The van der Waals surface area contributed by atoms with E-state index in [1.807, 2.05) is 36.4 Å². The van der Waals surface area contributed by atoms with Crippen LogP contribution >= 0.6 is 0 Å². The zero-order valence-corrected chi connectivity index (χ0v) is 17.0. The lowest BCUT2D eigenvalue weighted by Crippen LogP contribution is -2.57. The van der Waals surface area contributed by atoms with Gasteiger partial charge in [0, 0.05) is 12.2 Å². The van der Waals surface area contributed by atoms with E-state index in [9.17, 15) is 19.5 Å². The Balaban J connectivity index is 1.73. The van der Waals surface area contributed by atoms with Crippen LogP contribution in [0.5, 0.6) is 0 Å². The first-order valence-electron chi connectivity index (χ1n) is 9.92. The van der Waals surface area contributed by atoms with Crippen LogP contribution < -0.4 is 15.5 Å². The van der Waals surface area contributed by atoms with Gasteiger partial charge in [0.15, 0.2) is 0 Å². The molecule has 31 heavy (non-hydrogen) atoms. The Morgan fingerprint density at radius 1 is 1.26 bits per heavy atom. The predicted octanol–water partition coefficient (Wildman–Crippen LogP) is 2.62. The van der Waals surface area contributed by atoms with Crippen molar-refractivity contribution in [2.24, 2.45) is 0 Å². The lowest BCUT2D eigenvalue weighted by Gasteiger charge is -2.35. The third-order valence-electron chi connectivity index (χ3n) is 4.98. The summed E-state index contributed by atoms with van der Waals surface area (Å²) in [6.07, 6.45) is 1.57. The van der Waals surface area contributed by atoms with Gasteiger partial charge in [-0.25, -0.2) is 9.59 Å². The van der Waals surface area contributed by atoms with Gasteiger partial charge in [0.05, 0.1) is 12.6 Å². The molecule has 0 aromatic heterocycles. The molecule has 1 aliphatic heterocycles. The maximum atomic E-state index is 12.3. The molecule has 3 N–H and O–H groups in total. The number of hydrogen-bond acceptors (Lipinski definition) is 5. The van der Waals surface area contributed by atoms with E-state index in [0.29, 0.717) is 12.1 Å². The Kier molecular flexibility index (Phi) is 7.26.